The largest absolute Gasteiger partial charge is 0.490 e. The summed E-state index contributed by atoms with van der Waals surface area (Å²) in [5, 5.41) is 3.27. The van der Waals surface area contributed by atoms with Crippen LogP contribution in [-0.2, 0) is 4.74 Å². The number of carbonyl (C=O) groups is 1. The molecule has 1 aromatic heterocycles. The quantitative estimate of drug-likeness (QED) is 0.590. The minimum Gasteiger partial charge on any atom is -0.490 e. The second kappa shape index (κ2) is 7.46. The van der Waals surface area contributed by atoms with E-state index in [2.05, 4.69) is 26.2 Å². The highest BCUT2D eigenvalue weighted by molar-refractivity contribution is 9.10. The smallest absolute Gasteiger partial charge is 0.339 e. The lowest BCUT2D eigenvalue weighted by Gasteiger charge is -2.08. The molecule has 1 N–H and O–H groups in total. The van der Waals surface area contributed by atoms with Gasteiger partial charge in [0.1, 0.15) is 24.8 Å². The zero-order valence-corrected chi connectivity index (χ0v) is 14.1. The lowest BCUT2D eigenvalue weighted by Crippen LogP contribution is -2.13. The molecule has 0 unspecified atom stereocenters. The van der Waals surface area contributed by atoms with Gasteiger partial charge in [0.15, 0.2) is 0 Å². The third-order valence-electron chi connectivity index (χ3n) is 3.33. The molecule has 1 aliphatic carbocycles. The van der Waals surface area contributed by atoms with Gasteiger partial charge in [0.2, 0.25) is 0 Å². The van der Waals surface area contributed by atoms with E-state index in [1.807, 2.05) is 24.3 Å². The van der Waals surface area contributed by atoms with Crippen LogP contribution in [0.1, 0.15) is 23.2 Å². The zero-order valence-electron chi connectivity index (χ0n) is 12.5. The fourth-order valence-electron chi connectivity index (χ4n) is 1.94. The van der Waals surface area contributed by atoms with E-state index in [1.54, 1.807) is 12.1 Å². The molecule has 0 radical (unpaired) electrons. The second-order valence-corrected chi connectivity index (χ2v) is 6.20. The average Bonchev–Trinajstić information content (AvgIpc) is 3.38. The Labute approximate surface area is 143 Å². The number of rotatable bonds is 7. The van der Waals surface area contributed by atoms with Crippen molar-refractivity contribution in [2.75, 3.05) is 18.5 Å². The second-order valence-electron chi connectivity index (χ2n) is 5.29. The molecule has 3 rings (SSSR count). The first-order valence-electron chi connectivity index (χ1n) is 7.49. The van der Waals surface area contributed by atoms with Crippen LogP contribution in [0.4, 0.5) is 5.82 Å². The van der Waals surface area contributed by atoms with Gasteiger partial charge in [-0.3, -0.25) is 0 Å². The van der Waals surface area contributed by atoms with E-state index >= 15 is 0 Å². The monoisotopic (exact) mass is 376 g/mol. The molecule has 0 atom stereocenters. The number of pyridine rings is 1. The molecular weight excluding hydrogens is 360 g/mol. The van der Waals surface area contributed by atoms with Crippen molar-refractivity contribution in [3.63, 3.8) is 0 Å². The molecule has 120 valence electrons. The van der Waals surface area contributed by atoms with Crippen LogP contribution in [0.5, 0.6) is 5.75 Å². The van der Waals surface area contributed by atoms with Gasteiger partial charge < -0.3 is 14.8 Å². The third-order valence-corrected chi connectivity index (χ3v) is 3.86. The molecule has 1 fully saturated rings. The Morgan fingerprint density at radius 2 is 1.96 bits per heavy atom. The van der Waals surface area contributed by atoms with Crippen molar-refractivity contribution >= 4 is 27.7 Å². The maximum absolute atomic E-state index is 11.9. The lowest BCUT2D eigenvalue weighted by atomic mass is 10.3. The normalized spacial score (nSPS) is 13.4. The number of halogens is 1. The number of hydrogen-bond acceptors (Lipinski definition) is 5. The fraction of sp³-hybridized carbons (Fsp3) is 0.294. The Bertz CT molecular complexity index is 655. The van der Waals surface area contributed by atoms with Crippen molar-refractivity contribution in [2.45, 2.75) is 18.9 Å². The summed E-state index contributed by atoms with van der Waals surface area (Å²) >= 11 is 3.36. The number of aromatic nitrogens is 1. The molecule has 1 saturated carbocycles. The molecule has 1 heterocycles. The molecule has 23 heavy (non-hydrogen) atoms. The van der Waals surface area contributed by atoms with Crippen LogP contribution in [0.25, 0.3) is 0 Å². The number of anilines is 1. The maximum Gasteiger partial charge on any atom is 0.339 e. The summed E-state index contributed by atoms with van der Waals surface area (Å²) in [6.07, 6.45) is 3.90. The molecule has 0 spiro atoms. The van der Waals surface area contributed by atoms with Gasteiger partial charge in [0.25, 0.3) is 0 Å². The summed E-state index contributed by atoms with van der Waals surface area (Å²) in [5.74, 6) is 1.14. The molecule has 0 saturated heterocycles. The molecule has 0 amide bonds. The number of ether oxygens (including phenoxy) is 2. The van der Waals surface area contributed by atoms with Gasteiger partial charge in [0, 0.05) is 16.7 Å². The van der Waals surface area contributed by atoms with E-state index in [9.17, 15) is 4.79 Å². The summed E-state index contributed by atoms with van der Waals surface area (Å²) < 4.78 is 11.7. The minimum absolute atomic E-state index is 0.191. The Hall–Kier alpha value is -2.08. The highest BCUT2D eigenvalue weighted by Gasteiger charge is 2.21. The van der Waals surface area contributed by atoms with Gasteiger partial charge in [-0.1, -0.05) is 15.9 Å². The predicted molar refractivity (Wildman–Crippen MR) is 90.8 cm³/mol. The topological polar surface area (TPSA) is 60.5 Å². The van der Waals surface area contributed by atoms with E-state index < -0.39 is 5.97 Å². The number of carbonyl (C=O) groups excluding carboxylic acids is 1. The van der Waals surface area contributed by atoms with Gasteiger partial charge in [0.05, 0.1) is 5.56 Å². The Morgan fingerprint density at radius 3 is 2.61 bits per heavy atom. The Kier molecular flexibility index (Phi) is 5.12. The minimum atomic E-state index is -0.394. The van der Waals surface area contributed by atoms with E-state index in [0.717, 1.165) is 16.0 Å². The van der Waals surface area contributed by atoms with Crippen LogP contribution >= 0.6 is 15.9 Å². The van der Waals surface area contributed by atoms with E-state index in [0.29, 0.717) is 18.2 Å². The first kappa shape index (κ1) is 15.8. The molecule has 0 aliphatic heterocycles. The van der Waals surface area contributed by atoms with Crippen LogP contribution in [0.2, 0.25) is 0 Å². The van der Waals surface area contributed by atoms with Crippen LogP contribution < -0.4 is 10.1 Å². The molecule has 1 aromatic carbocycles. The number of hydrogen-bond donors (Lipinski definition) is 1. The summed E-state index contributed by atoms with van der Waals surface area (Å²) in [6.45, 7) is 0.499. The molecule has 2 aromatic rings. The average molecular weight is 377 g/mol. The van der Waals surface area contributed by atoms with E-state index in [4.69, 9.17) is 9.47 Å². The Morgan fingerprint density at radius 1 is 1.17 bits per heavy atom. The van der Waals surface area contributed by atoms with Gasteiger partial charge in [-0.25, -0.2) is 9.78 Å². The van der Waals surface area contributed by atoms with Crippen molar-refractivity contribution < 1.29 is 14.3 Å². The number of nitrogens with zero attached hydrogens (tertiary/aromatic N) is 1. The van der Waals surface area contributed by atoms with Crippen molar-refractivity contribution in [3.05, 3.63) is 52.6 Å². The van der Waals surface area contributed by atoms with Gasteiger partial charge in [-0.15, -0.1) is 0 Å². The van der Waals surface area contributed by atoms with Crippen molar-refractivity contribution in [3.8, 4) is 5.75 Å². The highest BCUT2D eigenvalue weighted by atomic mass is 79.9. The van der Waals surface area contributed by atoms with E-state index in [-0.39, 0.29) is 6.61 Å². The van der Waals surface area contributed by atoms with Crippen LogP contribution in [-0.4, -0.2) is 30.2 Å². The van der Waals surface area contributed by atoms with Crippen LogP contribution in [0, 0.1) is 0 Å². The summed E-state index contributed by atoms with van der Waals surface area (Å²) in [4.78, 5) is 16.1. The number of nitrogens with one attached hydrogen (secondary N) is 1. The van der Waals surface area contributed by atoms with Crippen molar-refractivity contribution in [1.29, 1.82) is 0 Å². The first-order chi connectivity index (χ1) is 11.2. The van der Waals surface area contributed by atoms with Gasteiger partial charge in [-0.2, -0.15) is 0 Å². The number of esters is 1. The van der Waals surface area contributed by atoms with Crippen LogP contribution in [0.15, 0.2) is 47.1 Å². The Balaban J connectivity index is 1.40. The van der Waals surface area contributed by atoms with Crippen LogP contribution in [0.3, 0.4) is 0 Å². The third kappa shape index (κ3) is 4.96. The fourth-order valence-corrected chi connectivity index (χ4v) is 2.21. The van der Waals surface area contributed by atoms with Crippen molar-refractivity contribution in [2.24, 2.45) is 0 Å². The molecular formula is C17H17BrN2O3. The zero-order chi connectivity index (χ0) is 16.1. The van der Waals surface area contributed by atoms with E-state index in [1.165, 1.54) is 19.0 Å². The maximum atomic E-state index is 11.9. The van der Waals surface area contributed by atoms with Gasteiger partial charge in [-0.05, 0) is 49.2 Å². The van der Waals surface area contributed by atoms with Crippen molar-refractivity contribution in [1.82, 2.24) is 4.98 Å². The highest BCUT2D eigenvalue weighted by Crippen LogP contribution is 2.23. The molecule has 1 aliphatic rings. The summed E-state index contributed by atoms with van der Waals surface area (Å²) in [5.41, 5.74) is 0.440. The first-order valence-corrected chi connectivity index (χ1v) is 8.28. The molecule has 0 bridgehead atoms. The number of benzene rings is 1. The standard InChI is InChI=1S/C17H17BrN2O3/c18-13-2-6-15(7-3-13)22-9-10-23-17(21)12-1-8-16(19-11-12)20-14-4-5-14/h1-3,6-8,11,14H,4-5,9-10H2,(H,19,20). The molecule has 6 heteroatoms. The SMILES string of the molecule is O=C(OCCOc1ccc(Br)cc1)c1ccc(NC2CC2)nc1. The van der Waals surface area contributed by atoms with Gasteiger partial charge >= 0.3 is 5.97 Å². The lowest BCUT2D eigenvalue weighted by molar-refractivity contribution is 0.0450. The molecule has 5 nitrogen and oxygen atoms in total. The predicted octanol–water partition coefficient (Wildman–Crippen LogP) is 3.65. The summed E-state index contributed by atoms with van der Waals surface area (Å²) in [7, 11) is 0. The summed E-state index contributed by atoms with van der Waals surface area (Å²) in [6, 6.07) is 11.5.